The second-order valence-electron chi connectivity index (χ2n) is 6.44. The monoisotopic (exact) mass is 279 g/mol. The highest BCUT2D eigenvalue weighted by molar-refractivity contribution is 7.09. The Morgan fingerprint density at radius 1 is 1.47 bits per heavy atom. The molecule has 19 heavy (non-hydrogen) atoms. The van der Waals surface area contributed by atoms with Crippen LogP contribution in [0.25, 0.3) is 0 Å². The van der Waals surface area contributed by atoms with Gasteiger partial charge >= 0.3 is 0 Å². The number of Topliss-reactive ketones (excluding diaryl/α,β-unsaturated/α-hetero) is 1. The molecule has 1 fully saturated rings. The highest BCUT2D eigenvalue weighted by atomic mass is 32.1. The summed E-state index contributed by atoms with van der Waals surface area (Å²) in [6.07, 6.45) is 2.88. The molecule has 1 aromatic rings. The van der Waals surface area contributed by atoms with Crippen molar-refractivity contribution in [3.05, 3.63) is 22.4 Å². The zero-order valence-electron chi connectivity index (χ0n) is 12.3. The van der Waals surface area contributed by atoms with Crippen molar-refractivity contribution in [2.75, 3.05) is 13.1 Å². The Labute approximate surface area is 120 Å². The van der Waals surface area contributed by atoms with E-state index in [9.17, 15) is 4.79 Å². The first-order chi connectivity index (χ1) is 9.00. The van der Waals surface area contributed by atoms with Gasteiger partial charge < -0.3 is 0 Å². The molecule has 0 amide bonds. The fourth-order valence-electron chi connectivity index (χ4n) is 2.96. The van der Waals surface area contributed by atoms with E-state index in [2.05, 4.69) is 43.2 Å². The molecule has 2 rings (SSSR count). The Morgan fingerprint density at radius 3 is 2.89 bits per heavy atom. The molecule has 3 heteroatoms. The first-order valence-corrected chi connectivity index (χ1v) is 8.15. The summed E-state index contributed by atoms with van der Waals surface area (Å²) >= 11 is 1.80. The quantitative estimate of drug-likeness (QED) is 0.813. The molecule has 0 aliphatic heterocycles. The van der Waals surface area contributed by atoms with Crippen molar-refractivity contribution in [2.24, 2.45) is 11.3 Å². The number of ketones is 1. The molecule has 0 saturated heterocycles. The lowest BCUT2D eigenvalue weighted by Crippen LogP contribution is -2.38. The highest BCUT2D eigenvalue weighted by Crippen LogP contribution is 2.37. The number of carbonyl (C=O) groups is 1. The van der Waals surface area contributed by atoms with E-state index in [0.29, 0.717) is 11.2 Å². The van der Waals surface area contributed by atoms with Gasteiger partial charge in [-0.2, -0.15) is 0 Å². The molecule has 1 aliphatic rings. The largest absolute Gasteiger partial charge is 0.299 e. The lowest BCUT2D eigenvalue weighted by molar-refractivity contribution is -0.127. The lowest BCUT2D eigenvalue weighted by Gasteiger charge is -2.36. The topological polar surface area (TPSA) is 20.3 Å². The van der Waals surface area contributed by atoms with Gasteiger partial charge in [0.25, 0.3) is 0 Å². The standard InChI is InChI=1S/C16H25NOS/c1-4-17(12-14-6-5-9-19-14)11-13-10-16(2,3)8-7-15(13)18/h5-6,9,13H,4,7-8,10-12H2,1-3H3. The van der Waals surface area contributed by atoms with E-state index in [1.807, 2.05) is 0 Å². The van der Waals surface area contributed by atoms with Crippen LogP contribution in [0.5, 0.6) is 0 Å². The highest BCUT2D eigenvalue weighted by Gasteiger charge is 2.34. The maximum absolute atomic E-state index is 12.1. The minimum absolute atomic E-state index is 0.240. The Morgan fingerprint density at radius 2 is 2.26 bits per heavy atom. The minimum atomic E-state index is 0.240. The van der Waals surface area contributed by atoms with E-state index in [1.54, 1.807) is 11.3 Å². The van der Waals surface area contributed by atoms with Crippen molar-refractivity contribution in [1.29, 1.82) is 0 Å². The number of rotatable bonds is 5. The summed E-state index contributed by atoms with van der Waals surface area (Å²) in [5.74, 6) is 0.715. The van der Waals surface area contributed by atoms with Gasteiger partial charge in [0.2, 0.25) is 0 Å². The molecule has 2 nitrogen and oxygen atoms in total. The van der Waals surface area contributed by atoms with Crippen LogP contribution in [0.3, 0.4) is 0 Å². The Hall–Kier alpha value is -0.670. The van der Waals surface area contributed by atoms with Crippen LogP contribution in [-0.4, -0.2) is 23.8 Å². The van der Waals surface area contributed by atoms with Gasteiger partial charge in [0, 0.05) is 30.3 Å². The maximum atomic E-state index is 12.1. The third kappa shape index (κ3) is 4.15. The van der Waals surface area contributed by atoms with Crippen LogP contribution in [-0.2, 0) is 11.3 Å². The fraction of sp³-hybridized carbons (Fsp3) is 0.688. The third-order valence-corrected chi connectivity index (χ3v) is 5.05. The van der Waals surface area contributed by atoms with Crippen LogP contribution in [0.1, 0.15) is 44.9 Å². The minimum Gasteiger partial charge on any atom is -0.299 e. The normalized spacial score (nSPS) is 22.9. The summed E-state index contributed by atoms with van der Waals surface area (Å²) in [6, 6.07) is 4.28. The average Bonchev–Trinajstić information content (AvgIpc) is 2.85. The lowest BCUT2D eigenvalue weighted by atomic mass is 9.71. The van der Waals surface area contributed by atoms with Crippen molar-refractivity contribution >= 4 is 17.1 Å². The molecule has 0 spiro atoms. The maximum Gasteiger partial charge on any atom is 0.137 e. The van der Waals surface area contributed by atoms with E-state index in [4.69, 9.17) is 0 Å². The van der Waals surface area contributed by atoms with Crippen LogP contribution in [0.15, 0.2) is 17.5 Å². The van der Waals surface area contributed by atoms with Crippen LogP contribution in [0.2, 0.25) is 0 Å². The number of hydrogen-bond acceptors (Lipinski definition) is 3. The van der Waals surface area contributed by atoms with Crippen molar-refractivity contribution in [3.8, 4) is 0 Å². The molecule has 1 atom stereocenters. The summed E-state index contributed by atoms with van der Waals surface area (Å²) < 4.78 is 0. The van der Waals surface area contributed by atoms with Crippen LogP contribution in [0, 0.1) is 11.3 Å². The Bertz CT molecular complexity index is 410. The molecule has 1 aromatic heterocycles. The number of carbonyl (C=O) groups excluding carboxylic acids is 1. The summed E-state index contributed by atoms with van der Waals surface area (Å²) in [6.45, 7) is 9.70. The van der Waals surface area contributed by atoms with E-state index >= 15 is 0 Å². The molecule has 0 bridgehead atoms. The van der Waals surface area contributed by atoms with E-state index < -0.39 is 0 Å². The molecular formula is C16H25NOS. The van der Waals surface area contributed by atoms with Crippen LogP contribution >= 0.6 is 11.3 Å². The molecule has 1 heterocycles. The van der Waals surface area contributed by atoms with Crippen molar-refractivity contribution in [1.82, 2.24) is 4.90 Å². The van der Waals surface area contributed by atoms with Crippen molar-refractivity contribution in [2.45, 2.75) is 46.6 Å². The summed E-state index contributed by atoms with van der Waals surface area (Å²) in [4.78, 5) is 15.9. The predicted molar refractivity (Wildman–Crippen MR) is 81.4 cm³/mol. The van der Waals surface area contributed by atoms with Gasteiger partial charge in [-0.1, -0.05) is 26.8 Å². The molecule has 0 aromatic carbocycles. The van der Waals surface area contributed by atoms with Gasteiger partial charge in [0.1, 0.15) is 5.78 Å². The molecule has 1 unspecified atom stereocenters. The van der Waals surface area contributed by atoms with Gasteiger partial charge in [-0.3, -0.25) is 9.69 Å². The number of nitrogens with zero attached hydrogens (tertiary/aromatic N) is 1. The zero-order chi connectivity index (χ0) is 13.9. The van der Waals surface area contributed by atoms with Gasteiger partial charge in [-0.05, 0) is 36.2 Å². The second-order valence-corrected chi connectivity index (χ2v) is 7.47. The summed E-state index contributed by atoms with van der Waals surface area (Å²) in [5.41, 5.74) is 0.334. The van der Waals surface area contributed by atoms with Gasteiger partial charge in [-0.15, -0.1) is 11.3 Å². The average molecular weight is 279 g/mol. The third-order valence-electron chi connectivity index (χ3n) is 4.19. The summed E-state index contributed by atoms with van der Waals surface area (Å²) in [5, 5.41) is 2.12. The number of hydrogen-bond donors (Lipinski definition) is 0. The Balaban J connectivity index is 1.95. The van der Waals surface area contributed by atoms with Crippen LogP contribution in [0.4, 0.5) is 0 Å². The predicted octanol–water partition coefficient (Wildman–Crippen LogP) is 3.97. The smallest absolute Gasteiger partial charge is 0.137 e. The van der Waals surface area contributed by atoms with Crippen molar-refractivity contribution < 1.29 is 4.79 Å². The number of thiophene rings is 1. The zero-order valence-corrected chi connectivity index (χ0v) is 13.1. The van der Waals surface area contributed by atoms with E-state index in [1.165, 1.54) is 4.88 Å². The first-order valence-electron chi connectivity index (χ1n) is 7.27. The SMILES string of the molecule is CCN(Cc1cccs1)CC1CC(C)(C)CCC1=O. The second kappa shape index (κ2) is 6.19. The molecular weight excluding hydrogens is 254 g/mol. The van der Waals surface area contributed by atoms with Crippen LogP contribution < -0.4 is 0 Å². The molecule has 0 radical (unpaired) electrons. The van der Waals surface area contributed by atoms with Gasteiger partial charge in [0.15, 0.2) is 0 Å². The van der Waals surface area contributed by atoms with Gasteiger partial charge in [-0.25, -0.2) is 0 Å². The van der Waals surface area contributed by atoms with Crippen molar-refractivity contribution in [3.63, 3.8) is 0 Å². The molecule has 1 saturated carbocycles. The van der Waals surface area contributed by atoms with Gasteiger partial charge in [0.05, 0.1) is 0 Å². The molecule has 1 aliphatic carbocycles. The van der Waals surface area contributed by atoms with E-state index in [-0.39, 0.29) is 5.92 Å². The fourth-order valence-corrected chi connectivity index (χ4v) is 3.70. The first kappa shape index (κ1) is 14.7. The Kier molecular flexibility index (Phi) is 4.80. The summed E-state index contributed by atoms with van der Waals surface area (Å²) in [7, 11) is 0. The molecule has 106 valence electrons. The molecule has 0 N–H and O–H groups in total. The van der Waals surface area contributed by atoms with E-state index in [0.717, 1.165) is 38.9 Å².